The van der Waals surface area contributed by atoms with Crippen LogP contribution in [0.3, 0.4) is 0 Å². The van der Waals surface area contributed by atoms with Crippen molar-refractivity contribution in [1.29, 1.82) is 0 Å². The fourth-order valence-corrected chi connectivity index (χ4v) is 8.10. The van der Waals surface area contributed by atoms with Crippen LogP contribution in [0.5, 0.6) is 5.75 Å². The summed E-state index contributed by atoms with van der Waals surface area (Å²) in [6.07, 6.45) is 0.537. The molecule has 0 unspecified atom stereocenters. The van der Waals surface area contributed by atoms with E-state index in [0.717, 1.165) is 5.56 Å². The third kappa shape index (κ3) is 12.9. The van der Waals surface area contributed by atoms with Gasteiger partial charge in [-0.1, -0.05) is 95.2 Å². The number of hydrogen-bond donors (Lipinski definition) is 3. The molecule has 0 saturated heterocycles. The van der Waals surface area contributed by atoms with Crippen molar-refractivity contribution in [2.75, 3.05) is 48.8 Å². The van der Waals surface area contributed by atoms with Gasteiger partial charge in [0, 0.05) is 41.8 Å². The standard InChI is InChI=1S/C44H77N7O7/c1-25(2)33(45-13)40(54)48(15)35(27(5)6)42(56)50(17)37(29(9)10)44(58)51(18)38(30(11)12)43(57)49(16)36(28(7)8)41(55)47(14)34(26(3)4)39(53)46-24-23-31-19-21-32(52)22-20-31/h19-22,25-30,33-38,45,52H,23-24H2,1-18H3,(H,46,53)/t33-,34-,35-,36-,37-,38-/m0/s1. The molecule has 1 rings (SSSR count). The molecule has 0 saturated carbocycles. The number of amides is 6. The zero-order valence-electron chi connectivity index (χ0n) is 38.8. The van der Waals surface area contributed by atoms with Crippen LogP contribution < -0.4 is 10.6 Å². The minimum Gasteiger partial charge on any atom is -0.508 e. The van der Waals surface area contributed by atoms with Crippen molar-refractivity contribution in [3.05, 3.63) is 29.8 Å². The van der Waals surface area contributed by atoms with E-state index >= 15 is 0 Å². The lowest BCUT2D eigenvalue weighted by molar-refractivity contribution is -0.158. The summed E-state index contributed by atoms with van der Waals surface area (Å²) in [5.74, 6) is -3.64. The second kappa shape index (κ2) is 22.8. The second-order valence-corrected chi connectivity index (χ2v) is 17.9. The SMILES string of the molecule is CN[C@H](C(=O)N(C)[C@H](C(=O)N(C)[C@H](C(=O)N(C)[C@H](C(=O)N(C)[C@H](C(=O)N(C)[C@H](C(=O)NCCc1ccc(O)cc1)C(C)C)C(C)C)C(C)C)C(C)C)C(C)C)C(C)C. The molecule has 0 bridgehead atoms. The van der Waals surface area contributed by atoms with E-state index in [2.05, 4.69) is 10.6 Å². The van der Waals surface area contributed by atoms with Gasteiger partial charge in [0.2, 0.25) is 35.4 Å². The Kier molecular flexibility index (Phi) is 20.4. The zero-order valence-corrected chi connectivity index (χ0v) is 38.8. The number of carbonyl (C=O) groups is 6. The second-order valence-electron chi connectivity index (χ2n) is 17.9. The van der Waals surface area contributed by atoms with Crippen LogP contribution in [0.4, 0.5) is 0 Å². The maximum Gasteiger partial charge on any atom is 0.246 e. The first-order chi connectivity index (χ1) is 26.8. The molecule has 58 heavy (non-hydrogen) atoms. The van der Waals surface area contributed by atoms with Gasteiger partial charge >= 0.3 is 0 Å². The number of rotatable bonds is 21. The summed E-state index contributed by atoms with van der Waals surface area (Å²) in [7, 11) is 9.59. The third-order valence-electron chi connectivity index (χ3n) is 11.2. The quantitative estimate of drug-likeness (QED) is 0.169. The van der Waals surface area contributed by atoms with Crippen molar-refractivity contribution in [2.45, 2.75) is 126 Å². The van der Waals surface area contributed by atoms with Gasteiger partial charge in [-0.05, 0) is 66.7 Å². The monoisotopic (exact) mass is 816 g/mol. The van der Waals surface area contributed by atoms with Crippen molar-refractivity contribution in [3.8, 4) is 5.75 Å². The first-order valence-corrected chi connectivity index (χ1v) is 20.8. The van der Waals surface area contributed by atoms with E-state index in [0.29, 0.717) is 13.0 Å². The molecule has 0 radical (unpaired) electrons. The van der Waals surface area contributed by atoms with Gasteiger partial charge in [0.25, 0.3) is 0 Å². The Labute approximate surface area is 349 Å². The molecular weight excluding hydrogens is 739 g/mol. The molecule has 0 aliphatic carbocycles. The number of nitrogens with one attached hydrogen (secondary N) is 2. The molecule has 3 N–H and O–H groups in total. The Bertz CT molecular complexity index is 1530. The number of aromatic hydroxyl groups is 1. The Morgan fingerprint density at radius 2 is 0.776 bits per heavy atom. The number of hydrogen-bond acceptors (Lipinski definition) is 8. The lowest BCUT2D eigenvalue weighted by Gasteiger charge is -2.43. The number of nitrogens with zero attached hydrogens (tertiary/aromatic N) is 5. The van der Waals surface area contributed by atoms with E-state index < -0.39 is 54.0 Å². The fourth-order valence-electron chi connectivity index (χ4n) is 8.10. The largest absolute Gasteiger partial charge is 0.508 e. The minimum absolute atomic E-state index is 0.0155. The third-order valence-corrected chi connectivity index (χ3v) is 11.2. The molecule has 0 aliphatic rings. The molecular formula is C44H77N7O7. The number of phenolic OH excluding ortho intramolecular Hbond substituents is 1. The van der Waals surface area contributed by atoms with Crippen LogP contribution in [0, 0.1) is 35.5 Å². The fraction of sp³-hybridized carbons (Fsp3) is 0.727. The lowest BCUT2D eigenvalue weighted by Crippen LogP contribution is -2.63. The maximum atomic E-state index is 14.6. The molecule has 6 atom stereocenters. The topological polar surface area (TPSA) is 163 Å². The predicted octanol–water partition coefficient (Wildman–Crippen LogP) is 3.71. The van der Waals surface area contributed by atoms with E-state index in [1.807, 2.05) is 83.1 Å². The summed E-state index contributed by atoms with van der Waals surface area (Å²) in [5.41, 5.74) is 0.938. The zero-order chi connectivity index (χ0) is 45.1. The molecule has 1 aromatic carbocycles. The van der Waals surface area contributed by atoms with E-state index in [9.17, 15) is 33.9 Å². The van der Waals surface area contributed by atoms with Crippen molar-refractivity contribution >= 4 is 35.4 Å². The Balaban J connectivity index is 3.42. The lowest BCUT2D eigenvalue weighted by atomic mass is 9.93. The first-order valence-electron chi connectivity index (χ1n) is 20.8. The highest BCUT2D eigenvalue weighted by Crippen LogP contribution is 2.25. The van der Waals surface area contributed by atoms with E-state index in [4.69, 9.17) is 0 Å². The summed E-state index contributed by atoms with van der Waals surface area (Å²) in [4.78, 5) is 92.0. The normalized spacial score (nSPS) is 14.9. The highest BCUT2D eigenvalue weighted by atomic mass is 16.3. The molecule has 0 spiro atoms. The molecule has 1 aromatic rings. The van der Waals surface area contributed by atoms with Crippen LogP contribution in [0.25, 0.3) is 0 Å². The van der Waals surface area contributed by atoms with Crippen molar-refractivity contribution in [1.82, 2.24) is 35.1 Å². The van der Waals surface area contributed by atoms with Crippen molar-refractivity contribution < 1.29 is 33.9 Å². The number of carbonyl (C=O) groups excluding carboxylic acids is 6. The Morgan fingerprint density at radius 3 is 1.05 bits per heavy atom. The highest BCUT2D eigenvalue weighted by Gasteiger charge is 2.45. The van der Waals surface area contributed by atoms with E-state index in [-0.39, 0.29) is 59.0 Å². The molecule has 0 aliphatic heterocycles. The highest BCUT2D eigenvalue weighted by molar-refractivity contribution is 5.97. The summed E-state index contributed by atoms with van der Waals surface area (Å²) in [6.45, 7) is 22.7. The van der Waals surface area contributed by atoms with Gasteiger partial charge in [0.15, 0.2) is 0 Å². The summed E-state index contributed by atoms with van der Waals surface area (Å²) < 4.78 is 0. The van der Waals surface area contributed by atoms with Gasteiger partial charge in [-0.25, -0.2) is 0 Å². The molecule has 0 heterocycles. The van der Waals surface area contributed by atoms with Crippen LogP contribution in [0.1, 0.15) is 88.6 Å². The first kappa shape index (κ1) is 51.8. The molecule has 14 nitrogen and oxygen atoms in total. The number of phenols is 1. The van der Waals surface area contributed by atoms with Gasteiger partial charge in [-0.15, -0.1) is 0 Å². The van der Waals surface area contributed by atoms with Crippen LogP contribution in [-0.2, 0) is 35.2 Å². The molecule has 0 fully saturated rings. The average Bonchev–Trinajstić information content (AvgIpc) is 3.11. The molecule has 14 heteroatoms. The number of likely N-dealkylation sites (N-methyl/N-ethyl adjacent to an activating group) is 6. The van der Waals surface area contributed by atoms with Gasteiger partial charge in [0.1, 0.15) is 36.0 Å². The maximum absolute atomic E-state index is 14.6. The van der Waals surface area contributed by atoms with Gasteiger partial charge in [-0.2, -0.15) is 0 Å². The summed E-state index contributed by atoms with van der Waals surface area (Å²) in [6, 6.07) is 1.69. The Morgan fingerprint density at radius 1 is 0.483 bits per heavy atom. The van der Waals surface area contributed by atoms with Crippen LogP contribution in [0.15, 0.2) is 24.3 Å². The smallest absolute Gasteiger partial charge is 0.246 e. The van der Waals surface area contributed by atoms with Gasteiger partial charge in [-0.3, -0.25) is 28.8 Å². The van der Waals surface area contributed by atoms with Crippen LogP contribution in [0.2, 0.25) is 0 Å². The van der Waals surface area contributed by atoms with E-state index in [1.165, 1.54) is 24.5 Å². The molecule has 330 valence electrons. The van der Waals surface area contributed by atoms with Gasteiger partial charge in [0.05, 0.1) is 6.04 Å². The molecule has 6 amide bonds. The summed E-state index contributed by atoms with van der Waals surface area (Å²) in [5, 5.41) is 15.6. The van der Waals surface area contributed by atoms with Gasteiger partial charge < -0.3 is 40.2 Å². The number of benzene rings is 1. The molecule has 0 aromatic heterocycles. The predicted molar refractivity (Wildman–Crippen MR) is 229 cm³/mol. The minimum atomic E-state index is -0.988. The van der Waals surface area contributed by atoms with Crippen LogP contribution in [-0.4, -0.2) is 150 Å². The van der Waals surface area contributed by atoms with E-state index in [1.54, 1.807) is 66.6 Å². The summed E-state index contributed by atoms with van der Waals surface area (Å²) >= 11 is 0. The van der Waals surface area contributed by atoms with Crippen molar-refractivity contribution in [3.63, 3.8) is 0 Å². The van der Waals surface area contributed by atoms with Crippen LogP contribution >= 0.6 is 0 Å². The van der Waals surface area contributed by atoms with Crippen molar-refractivity contribution in [2.24, 2.45) is 35.5 Å². The average molecular weight is 816 g/mol. The Hall–Kier alpha value is -4.20.